The van der Waals surface area contributed by atoms with Crippen molar-refractivity contribution in [2.45, 2.75) is 26.0 Å². The Bertz CT molecular complexity index is 907. The molecule has 0 saturated heterocycles. The van der Waals surface area contributed by atoms with Crippen molar-refractivity contribution in [1.29, 1.82) is 5.26 Å². The number of nitrogens with zero attached hydrogens (tertiary/aromatic N) is 1. The average Bonchev–Trinajstić information content (AvgIpc) is 2.66. The third-order valence-electron chi connectivity index (χ3n) is 4.34. The van der Waals surface area contributed by atoms with Crippen molar-refractivity contribution in [1.82, 2.24) is 5.32 Å². The van der Waals surface area contributed by atoms with Crippen LogP contribution in [0.1, 0.15) is 31.0 Å². The number of nitriles is 1. The van der Waals surface area contributed by atoms with E-state index in [1.807, 2.05) is 80.6 Å². The maximum Gasteiger partial charge on any atom is 0.262 e. The maximum atomic E-state index is 12.5. The molecule has 1 amide bonds. The Morgan fingerprint density at radius 3 is 2.62 bits per heavy atom. The third kappa shape index (κ3) is 3.84. The summed E-state index contributed by atoms with van der Waals surface area (Å²) >= 11 is 0. The normalized spacial score (nSPS) is 17.2. The number of ether oxygens (including phenoxy) is 1. The fraction of sp³-hybridized carbons (Fsp3) is 0.182. The highest BCUT2D eigenvalue weighted by atomic mass is 16.5. The lowest BCUT2D eigenvalue weighted by molar-refractivity contribution is -0.117. The predicted molar refractivity (Wildman–Crippen MR) is 101 cm³/mol. The molecule has 0 spiro atoms. The van der Waals surface area contributed by atoms with Crippen LogP contribution in [0.15, 0.2) is 71.8 Å². The molecule has 1 heterocycles. The first-order valence-electron chi connectivity index (χ1n) is 8.53. The topological polar surface area (TPSA) is 62.1 Å². The summed E-state index contributed by atoms with van der Waals surface area (Å²) in [5, 5.41) is 12.3. The summed E-state index contributed by atoms with van der Waals surface area (Å²) in [6, 6.07) is 19.2. The molecule has 2 atom stereocenters. The van der Waals surface area contributed by atoms with Gasteiger partial charge in [-0.3, -0.25) is 4.79 Å². The summed E-state index contributed by atoms with van der Waals surface area (Å²) in [5.74, 6) is 0.411. The lowest BCUT2D eigenvalue weighted by atomic mass is 10.00. The molecule has 2 aromatic carbocycles. The zero-order valence-electron chi connectivity index (χ0n) is 14.8. The van der Waals surface area contributed by atoms with E-state index in [0.717, 1.165) is 22.4 Å². The Labute approximate surface area is 153 Å². The Kier molecular flexibility index (Phi) is 5.19. The van der Waals surface area contributed by atoms with Crippen molar-refractivity contribution in [3.63, 3.8) is 0 Å². The van der Waals surface area contributed by atoms with Crippen molar-refractivity contribution >= 4 is 12.0 Å². The van der Waals surface area contributed by atoms with Crippen molar-refractivity contribution in [2.75, 3.05) is 0 Å². The standard InChI is InChI=1S/C22H20N2O2/c1-15(17-8-4-3-5-9-17)24-22(25)20(14-23)13-19-12-18-10-6-7-11-21(18)26-16(19)2/h3-13,15-16H,1-2H3,(H,24,25)/b20-13+. The third-order valence-corrected chi connectivity index (χ3v) is 4.34. The minimum absolute atomic E-state index is 0.0638. The van der Waals surface area contributed by atoms with E-state index >= 15 is 0 Å². The van der Waals surface area contributed by atoms with Crippen LogP contribution < -0.4 is 10.1 Å². The van der Waals surface area contributed by atoms with E-state index in [-0.39, 0.29) is 17.7 Å². The first-order valence-corrected chi connectivity index (χ1v) is 8.53. The van der Waals surface area contributed by atoms with Crippen LogP contribution in [0, 0.1) is 11.3 Å². The Balaban J connectivity index is 1.81. The molecule has 0 fully saturated rings. The summed E-state index contributed by atoms with van der Waals surface area (Å²) in [5.41, 5.74) is 2.78. The van der Waals surface area contributed by atoms with Gasteiger partial charge in [0.1, 0.15) is 23.5 Å². The van der Waals surface area contributed by atoms with Gasteiger partial charge in [0.15, 0.2) is 0 Å². The number of carbonyl (C=O) groups excluding carboxylic acids is 1. The number of nitrogens with one attached hydrogen (secondary N) is 1. The van der Waals surface area contributed by atoms with Crippen molar-refractivity contribution in [3.8, 4) is 11.8 Å². The van der Waals surface area contributed by atoms with E-state index < -0.39 is 5.91 Å². The van der Waals surface area contributed by atoms with Crippen molar-refractivity contribution < 1.29 is 9.53 Å². The molecule has 0 aromatic heterocycles. The maximum absolute atomic E-state index is 12.5. The zero-order chi connectivity index (χ0) is 18.5. The molecule has 26 heavy (non-hydrogen) atoms. The van der Waals surface area contributed by atoms with Gasteiger partial charge in [0, 0.05) is 5.56 Å². The SMILES string of the molecule is CC1Oc2ccccc2C=C1/C=C(\C#N)C(=O)NC(C)c1ccccc1. The summed E-state index contributed by atoms with van der Waals surface area (Å²) in [6.07, 6.45) is 3.33. The molecule has 0 bridgehead atoms. The predicted octanol–water partition coefficient (Wildman–Crippen LogP) is 4.18. The van der Waals surface area contributed by atoms with Crippen LogP contribution in [0.25, 0.3) is 6.08 Å². The van der Waals surface area contributed by atoms with Crippen LogP contribution in [0.5, 0.6) is 5.75 Å². The second-order valence-corrected chi connectivity index (χ2v) is 6.22. The first-order chi connectivity index (χ1) is 12.6. The molecule has 4 nitrogen and oxygen atoms in total. The molecule has 0 radical (unpaired) electrons. The molecule has 2 unspecified atom stereocenters. The Hall–Kier alpha value is -3.32. The Morgan fingerprint density at radius 1 is 1.19 bits per heavy atom. The molecule has 3 rings (SSSR count). The zero-order valence-corrected chi connectivity index (χ0v) is 14.8. The number of hydrogen-bond donors (Lipinski definition) is 1. The second-order valence-electron chi connectivity index (χ2n) is 6.22. The number of benzene rings is 2. The molecule has 2 aromatic rings. The number of para-hydroxylation sites is 1. The molecule has 1 aliphatic heterocycles. The molecule has 1 N–H and O–H groups in total. The van der Waals surface area contributed by atoms with Gasteiger partial charge in [-0.15, -0.1) is 0 Å². The molecular weight excluding hydrogens is 324 g/mol. The van der Waals surface area contributed by atoms with E-state index in [1.54, 1.807) is 6.08 Å². The molecule has 1 aliphatic rings. The van der Waals surface area contributed by atoms with Crippen molar-refractivity contribution in [3.05, 3.63) is 82.9 Å². The molecular formula is C22H20N2O2. The van der Waals surface area contributed by atoms with E-state index in [0.29, 0.717) is 0 Å². The van der Waals surface area contributed by atoms with Crippen LogP contribution >= 0.6 is 0 Å². The van der Waals surface area contributed by atoms with Gasteiger partial charge in [-0.1, -0.05) is 48.5 Å². The number of fused-ring (bicyclic) bond motifs is 1. The van der Waals surface area contributed by atoms with E-state index in [1.165, 1.54) is 0 Å². The van der Waals surface area contributed by atoms with Gasteiger partial charge in [0.25, 0.3) is 5.91 Å². The quantitative estimate of drug-likeness (QED) is 0.668. The second kappa shape index (κ2) is 7.71. The smallest absolute Gasteiger partial charge is 0.262 e. The van der Waals surface area contributed by atoms with Crippen LogP contribution in [-0.4, -0.2) is 12.0 Å². The monoisotopic (exact) mass is 344 g/mol. The average molecular weight is 344 g/mol. The first kappa shape index (κ1) is 17.5. The van der Waals surface area contributed by atoms with Crippen molar-refractivity contribution in [2.24, 2.45) is 0 Å². The van der Waals surface area contributed by atoms with Crippen LogP contribution in [0.4, 0.5) is 0 Å². The summed E-state index contributed by atoms with van der Waals surface area (Å²) in [4.78, 5) is 12.5. The summed E-state index contributed by atoms with van der Waals surface area (Å²) in [6.45, 7) is 3.79. The lowest BCUT2D eigenvalue weighted by Gasteiger charge is -2.23. The number of hydrogen-bond acceptors (Lipinski definition) is 3. The highest BCUT2D eigenvalue weighted by Gasteiger charge is 2.20. The van der Waals surface area contributed by atoms with E-state index in [4.69, 9.17) is 4.74 Å². The van der Waals surface area contributed by atoms with Crippen LogP contribution in [0.2, 0.25) is 0 Å². The summed E-state index contributed by atoms with van der Waals surface area (Å²) in [7, 11) is 0. The summed E-state index contributed by atoms with van der Waals surface area (Å²) < 4.78 is 5.87. The number of rotatable bonds is 4. The molecule has 4 heteroatoms. The van der Waals surface area contributed by atoms with Crippen LogP contribution in [0.3, 0.4) is 0 Å². The molecule has 130 valence electrons. The lowest BCUT2D eigenvalue weighted by Crippen LogP contribution is -2.28. The fourth-order valence-corrected chi connectivity index (χ4v) is 2.84. The highest BCUT2D eigenvalue weighted by molar-refractivity contribution is 5.98. The molecule has 0 saturated carbocycles. The molecule has 0 aliphatic carbocycles. The van der Waals surface area contributed by atoms with Gasteiger partial charge in [-0.2, -0.15) is 5.26 Å². The van der Waals surface area contributed by atoms with Gasteiger partial charge < -0.3 is 10.1 Å². The fourth-order valence-electron chi connectivity index (χ4n) is 2.84. The van der Waals surface area contributed by atoms with Gasteiger partial charge >= 0.3 is 0 Å². The van der Waals surface area contributed by atoms with Gasteiger partial charge in [-0.05, 0) is 43.2 Å². The number of carbonyl (C=O) groups is 1. The largest absolute Gasteiger partial charge is 0.485 e. The minimum atomic E-state index is -0.393. The van der Waals surface area contributed by atoms with Crippen LogP contribution in [-0.2, 0) is 4.79 Å². The van der Waals surface area contributed by atoms with Gasteiger partial charge in [-0.25, -0.2) is 0 Å². The minimum Gasteiger partial charge on any atom is -0.485 e. The van der Waals surface area contributed by atoms with Gasteiger partial charge in [0.2, 0.25) is 0 Å². The Morgan fingerprint density at radius 2 is 1.88 bits per heavy atom. The van der Waals surface area contributed by atoms with E-state index in [9.17, 15) is 10.1 Å². The number of amides is 1. The van der Waals surface area contributed by atoms with E-state index in [2.05, 4.69) is 5.32 Å². The van der Waals surface area contributed by atoms with Gasteiger partial charge in [0.05, 0.1) is 6.04 Å². The highest BCUT2D eigenvalue weighted by Crippen LogP contribution is 2.30.